The smallest absolute Gasteiger partial charge is 0.296 e. The van der Waals surface area contributed by atoms with E-state index in [4.69, 9.17) is 4.74 Å². The van der Waals surface area contributed by atoms with Gasteiger partial charge in [-0.15, -0.1) is 0 Å². The largest absolute Gasteiger partial charge is 0.497 e. The van der Waals surface area contributed by atoms with Gasteiger partial charge in [0.2, 0.25) is 0 Å². The molecule has 0 unspecified atom stereocenters. The maximum atomic E-state index is 11.0. The summed E-state index contributed by atoms with van der Waals surface area (Å²) >= 11 is 0. The number of benzene rings is 1. The van der Waals surface area contributed by atoms with Crippen LogP contribution in [0.1, 0.15) is 0 Å². The van der Waals surface area contributed by atoms with E-state index in [1.165, 1.54) is 7.11 Å². The van der Waals surface area contributed by atoms with Gasteiger partial charge in [-0.25, -0.2) is 0 Å². The number of nitro groups is 1. The van der Waals surface area contributed by atoms with Crippen LogP contribution in [0.4, 0.5) is 5.69 Å². The number of carbonyl (C=O) groups excluding carboxylic acids is 1. The van der Waals surface area contributed by atoms with Crippen molar-refractivity contribution in [3.8, 4) is 5.75 Å². The van der Waals surface area contributed by atoms with Crippen LogP contribution in [0.2, 0.25) is 0 Å². The second-order valence-electron chi connectivity index (χ2n) is 2.77. The van der Waals surface area contributed by atoms with E-state index < -0.39 is 17.4 Å². The lowest BCUT2D eigenvalue weighted by Crippen LogP contribution is -2.21. The number of hydrogen-bond acceptors (Lipinski definition) is 4. The summed E-state index contributed by atoms with van der Waals surface area (Å²) < 4.78 is 4.93. The molecular formula is C9H10N2O4. The molecule has 0 aliphatic heterocycles. The quantitative estimate of drug-likeness (QED) is 0.591. The Morgan fingerprint density at radius 2 is 2.33 bits per heavy atom. The van der Waals surface area contributed by atoms with Gasteiger partial charge in [-0.05, 0) is 12.1 Å². The lowest BCUT2D eigenvalue weighted by atomic mass is 10.3. The van der Waals surface area contributed by atoms with Crippen LogP contribution >= 0.6 is 0 Å². The minimum Gasteiger partial charge on any atom is -0.497 e. The number of methoxy groups -OCH3 is 1. The third-order valence-corrected chi connectivity index (χ3v) is 1.63. The number of carbonyl (C=O) groups is 1. The Morgan fingerprint density at radius 3 is 2.93 bits per heavy atom. The second-order valence-corrected chi connectivity index (χ2v) is 2.77. The highest BCUT2D eigenvalue weighted by molar-refractivity contribution is 5.91. The van der Waals surface area contributed by atoms with Crippen molar-refractivity contribution in [3.05, 3.63) is 34.4 Å². The van der Waals surface area contributed by atoms with Crippen LogP contribution in [0.5, 0.6) is 5.75 Å². The maximum absolute atomic E-state index is 11.0. The summed E-state index contributed by atoms with van der Waals surface area (Å²) in [6.45, 7) is -0.739. The first-order chi connectivity index (χ1) is 7.11. The minimum absolute atomic E-state index is 0.473. The minimum atomic E-state index is -0.739. The molecule has 15 heavy (non-hydrogen) atoms. The zero-order chi connectivity index (χ0) is 11.3. The Balaban J connectivity index is 2.63. The monoisotopic (exact) mass is 210 g/mol. The lowest BCUT2D eigenvalue weighted by molar-refractivity contribution is -0.467. The van der Waals surface area contributed by atoms with E-state index in [1.54, 1.807) is 24.3 Å². The molecule has 0 radical (unpaired) electrons. The third kappa shape index (κ3) is 3.63. The molecule has 0 aliphatic carbocycles. The average Bonchev–Trinajstić information content (AvgIpc) is 2.16. The Morgan fingerprint density at radius 1 is 1.60 bits per heavy atom. The number of nitrogens with zero attached hydrogens (tertiary/aromatic N) is 1. The van der Waals surface area contributed by atoms with Crippen LogP contribution in [0.15, 0.2) is 24.3 Å². The fourth-order valence-electron chi connectivity index (χ4n) is 1.02. The third-order valence-electron chi connectivity index (χ3n) is 1.63. The highest BCUT2D eigenvalue weighted by atomic mass is 16.6. The number of ether oxygens (including phenoxy) is 1. The maximum Gasteiger partial charge on any atom is 0.296 e. The van der Waals surface area contributed by atoms with Gasteiger partial charge in [-0.3, -0.25) is 14.9 Å². The predicted octanol–water partition coefficient (Wildman–Crippen LogP) is 0.910. The van der Waals surface area contributed by atoms with E-state index in [9.17, 15) is 14.9 Å². The van der Waals surface area contributed by atoms with Gasteiger partial charge in [0.05, 0.1) is 7.11 Å². The molecule has 1 N–H and O–H groups in total. The molecule has 1 rings (SSSR count). The van der Waals surface area contributed by atoms with Gasteiger partial charge in [-0.2, -0.15) is 0 Å². The molecule has 0 fully saturated rings. The zero-order valence-corrected chi connectivity index (χ0v) is 8.10. The average molecular weight is 210 g/mol. The molecule has 1 amide bonds. The first kappa shape index (κ1) is 11.0. The van der Waals surface area contributed by atoms with E-state index in [0.29, 0.717) is 11.4 Å². The van der Waals surface area contributed by atoms with Gasteiger partial charge < -0.3 is 10.1 Å². The molecule has 0 aromatic heterocycles. The van der Waals surface area contributed by atoms with Crippen molar-refractivity contribution in [3.63, 3.8) is 0 Å². The van der Waals surface area contributed by atoms with Gasteiger partial charge in [0.1, 0.15) is 5.75 Å². The van der Waals surface area contributed by atoms with E-state index in [0.717, 1.165) is 0 Å². The second kappa shape index (κ2) is 4.94. The first-order valence-corrected chi connectivity index (χ1v) is 4.17. The van der Waals surface area contributed by atoms with Crippen LogP contribution in [0, 0.1) is 10.1 Å². The molecule has 0 atom stereocenters. The number of nitrogens with one attached hydrogen (secondary N) is 1. The fourth-order valence-corrected chi connectivity index (χ4v) is 1.02. The molecular weight excluding hydrogens is 200 g/mol. The van der Waals surface area contributed by atoms with Gasteiger partial charge in [-0.1, -0.05) is 6.07 Å². The van der Waals surface area contributed by atoms with E-state index >= 15 is 0 Å². The summed E-state index contributed by atoms with van der Waals surface area (Å²) in [6, 6.07) is 6.60. The SMILES string of the molecule is COc1cccc(NC(=O)C[N+](=O)[O-])c1. The zero-order valence-electron chi connectivity index (χ0n) is 8.10. The van der Waals surface area contributed by atoms with Crippen LogP contribution in [0.3, 0.4) is 0 Å². The number of hydrogen-bond donors (Lipinski definition) is 1. The van der Waals surface area contributed by atoms with E-state index in [1.807, 2.05) is 0 Å². The van der Waals surface area contributed by atoms with Gasteiger partial charge in [0.25, 0.3) is 12.5 Å². The van der Waals surface area contributed by atoms with Crippen molar-refractivity contribution in [1.82, 2.24) is 0 Å². The Labute approximate surface area is 86.0 Å². The van der Waals surface area contributed by atoms with Gasteiger partial charge >= 0.3 is 0 Å². The molecule has 0 bridgehead atoms. The molecule has 0 heterocycles. The summed E-state index contributed by atoms with van der Waals surface area (Å²) in [5.74, 6) is -0.0813. The van der Waals surface area contributed by atoms with Crippen LogP contribution in [-0.4, -0.2) is 24.5 Å². The summed E-state index contributed by atoms with van der Waals surface area (Å²) in [7, 11) is 1.50. The molecule has 0 saturated heterocycles. The summed E-state index contributed by atoms with van der Waals surface area (Å²) in [5, 5.41) is 12.4. The highest BCUT2D eigenvalue weighted by Gasteiger charge is 2.09. The number of anilines is 1. The van der Waals surface area contributed by atoms with Crippen LogP contribution in [-0.2, 0) is 4.79 Å². The predicted molar refractivity (Wildman–Crippen MR) is 53.5 cm³/mol. The van der Waals surface area contributed by atoms with E-state index in [2.05, 4.69) is 5.32 Å². The summed E-state index contributed by atoms with van der Waals surface area (Å²) in [4.78, 5) is 20.4. The van der Waals surface area contributed by atoms with Crippen molar-refractivity contribution < 1.29 is 14.5 Å². The van der Waals surface area contributed by atoms with Gasteiger partial charge in [0.15, 0.2) is 0 Å². The Hall–Kier alpha value is -2.11. The number of amides is 1. The van der Waals surface area contributed by atoms with E-state index in [-0.39, 0.29) is 0 Å². The molecule has 80 valence electrons. The van der Waals surface area contributed by atoms with Crippen molar-refractivity contribution in [2.45, 2.75) is 0 Å². The fraction of sp³-hybridized carbons (Fsp3) is 0.222. The molecule has 6 nitrogen and oxygen atoms in total. The van der Waals surface area contributed by atoms with Gasteiger partial charge in [0, 0.05) is 16.7 Å². The lowest BCUT2D eigenvalue weighted by Gasteiger charge is -2.04. The molecule has 0 saturated carbocycles. The van der Waals surface area contributed by atoms with Crippen molar-refractivity contribution in [2.75, 3.05) is 19.0 Å². The van der Waals surface area contributed by atoms with Crippen LogP contribution in [0.25, 0.3) is 0 Å². The van der Waals surface area contributed by atoms with Crippen molar-refractivity contribution in [1.29, 1.82) is 0 Å². The molecule has 0 spiro atoms. The standard InChI is InChI=1S/C9H10N2O4/c1-15-8-4-2-3-7(5-8)10-9(12)6-11(13)14/h2-5H,6H2,1H3,(H,10,12). The molecule has 1 aromatic rings. The molecule has 1 aromatic carbocycles. The van der Waals surface area contributed by atoms with Crippen LogP contribution < -0.4 is 10.1 Å². The summed E-state index contributed by atoms with van der Waals surface area (Å²) in [6.07, 6.45) is 0. The Bertz CT molecular complexity index is 378. The van der Waals surface area contributed by atoms with Crippen molar-refractivity contribution >= 4 is 11.6 Å². The topological polar surface area (TPSA) is 81.5 Å². The van der Waals surface area contributed by atoms with Crippen molar-refractivity contribution in [2.24, 2.45) is 0 Å². The summed E-state index contributed by atoms with van der Waals surface area (Å²) in [5.41, 5.74) is 0.473. The number of rotatable bonds is 4. The molecule has 0 aliphatic rings. The molecule has 6 heteroatoms. The highest BCUT2D eigenvalue weighted by Crippen LogP contribution is 2.16. The normalized spacial score (nSPS) is 9.40. The Kier molecular flexibility index (Phi) is 3.61. The first-order valence-electron chi connectivity index (χ1n) is 4.17.